The molecule has 2 aromatic heterocycles. The van der Waals surface area contributed by atoms with E-state index in [1.807, 2.05) is 36.7 Å². The quantitative estimate of drug-likeness (QED) is 0.421. The smallest absolute Gasteiger partial charge is 0.252 e. The molecular weight excluding hydrogens is 422 g/mol. The van der Waals surface area contributed by atoms with Gasteiger partial charge in [0.05, 0.1) is 22.3 Å². The largest absolute Gasteiger partial charge is 0.371 e. The number of nitrogens with one attached hydrogen (secondary N) is 1. The number of aromatic nitrogens is 3. The first-order valence-corrected chi connectivity index (χ1v) is 12.1. The molecule has 2 aromatic carbocycles. The lowest BCUT2D eigenvalue weighted by Gasteiger charge is -2.31. The summed E-state index contributed by atoms with van der Waals surface area (Å²) >= 11 is 0. The maximum atomic E-state index is 13.2. The standard InChI is InChI=1S/C28H31N5O/c1-19-11-13-23(14-12-19)33-27-26(21(3)31-33)24(18-20(2)30-27)28(34)29-15-7-17-32-16-6-9-22-8-4-5-10-25(22)32/h4-5,8,10-14,18H,6-7,9,15-17H2,1-3H3,(H,29,34). The van der Waals surface area contributed by atoms with Gasteiger partial charge in [0.25, 0.3) is 5.91 Å². The van der Waals surface area contributed by atoms with Crippen molar-refractivity contribution in [1.29, 1.82) is 0 Å². The molecule has 0 radical (unpaired) electrons. The van der Waals surface area contributed by atoms with Crippen molar-refractivity contribution in [2.45, 2.75) is 40.0 Å². The highest BCUT2D eigenvalue weighted by molar-refractivity contribution is 6.06. The van der Waals surface area contributed by atoms with Crippen molar-refractivity contribution < 1.29 is 4.79 Å². The molecule has 0 spiro atoms. The molecule has 0 bridgehead atoms. The van der Waals surface area contributed by atoms with E-state index in [1.54, 1.807) is 0 Å². The van der Waals surface area contributed by atoms with E-state index in [0.29, 0.717) is 12.1 Å². The molecule has 1 N–H and O–H groups in total. The van der Waals surface area contributed by atoms with Gasteiger partial charge in [-0.1, -0.05) is 35.9 Å². The zero-order valence-corrected chi connectivity index (χ0v) is 20.1. The lowest BCUT2D eigenvalue weighted by Crippen LogP contribution is -2.33. The minimum Gasteiger partial charge on any atom is -0.371 e. The van der Waals surface area contributed by atoms with E-state index in [9.17, 15) is 4.79 Å². The van der Waals surface area contributed by atoms with Gasteiger partial charge in [-0.15, -0.1) is 0 Å². The Balaban J connectivity index is 1.31. The predicted molar refractivity (Wildman–Crippen MR) is 137 cm³/mol. The lowest BCUT2D eigenvalue weighted by atomic mass is 10.0. The molecule has 6 nitrogen and oxygen atoms in total. The van der Waals surface area contributed by atoms with E-state index >= 15 is 0 Å². The summed E-state index contributed by atoms with van der Waals surface area (Å²) in [5.41, 5.74) is 7.86. The van der Waals surface area contributed by atoms with E-state index in [1.165, 1.54) is 23.2 Å². The Hall–Kier alpha value is -3.67. The highest BCUT2D eigenvalue weighted by Gasteiger charge is 2.20. The van der Waals surface area contributed by atoms with Crippen molar-refractivity contribution in [3.8, 4) is 5.69 Å². The van der Waals surface area contributed by atoms with Gasteiger partial charge in [0, 0.05) is 31.0 Å². The number of amides is 1. The van der Waals surface area contributed by atoms with Crippen molar-refractivity contribution in [2.75, 3.05) is 24.5 Å². The van der Waals surface area contributed by atoms with Crippen LogP contribution in [0.15, 0.2) is 54.6 Å². The molecule has 0 fully saturated rings. The Labute approximate surface area is 200 Å². The fraction of sp³-hybridized carbons (Fsp3) is 0.321. The highest BCUT2D eigenvalue weighted by Crippen LogP contribution is 2.27. The van der Waals surface area contributed by atoms with Crippen LogP contribution in [0, 0.1) is 20.8 Å². The molecule has 3 heterocycles. The number of hydrogen-bond donors (Lipinski definition) is 1. The summed E-state index contributed by atoms with van der Waals surface area (Å²) in [6.45, 7) is 8.57. The lowest BCUT2D eigenvalue weighted by molar-refractivity contribution is 0.0955. The number of hydrogen-bond acceptors (Lipinski definition) is 4. The van der Waals surface area contributed by atoms with Crippen molar-refractivity contribution in [2.24, 2.45) is 0 Å². The van der Waals surface area contributed by atoms with Gasteiger partial charge in [0.2, 0.25) is 0 Å². The molecule has 1 aliphatic rings. The first-order chi connectivity index (χ1) is 16.5. The number of fused-ring (bicyclic) bond motifs is 2. The maximum absolute atomic E-state index is 13.2. The Kier molecular flexibility index (Phi) is 6.05. The van der Waals surface area contributed by atoms with Crippen LogP contribution in [0.5, 0.6) is 0 Å². The van der Waals surface area contributed by atoms with Crippen molar-refractivity contribution in [3.05, 3.63) is 82.7 Å². The van der Waals surface area contributed by atoms with E-state index in [2.05, 4.69) is 53.5 Å². The molecule has 1 amide bonds. The third-order valence-electron chi connectivity index (χ3n) is 6.56. The Bertz CT molecular complexity index is 1340. The SMILES string of the molecule is Cc1ccc(-n2nc(C)c3c(C(=O)NCCCN4CCCc5ccccc54)cc(C)nc32)cc1. The molecule has 34 heavy (non-hydrogen) atoms. The van der Waals surface area contributed by atoms with Crippen LogP contribution in [0.2, 0.25) is 0 Å². The molecule has 0 atom stereocenters. The number of carbonyl (C=O) groups is 1. The average Bonchev–Trinajstić information content (AvgIpc) is 3.17. The predicted octanol–water partition coefficient (Wildman–Crippen LogP) is 4.92. The fourth-order valence-electron chi connectivity index (χ4n) is 4.87. The number of pyridine rings is 1. The molecular formula is C28H31N5O. The Morgan fingerprint density at radius 2 is 1.85 bits per heavy atom. The van der Waals surface area contributed by atoms with Crippen molar-refractivity contribution in [3.63, 3.8) is 0 Å². The first kappa shape index (κ1) is 22.1. The van der Waals surface area contributed by atoms with Crippen LogP contribution in [-0.2, 0) is 6.42 Å². The van der Waals surface area contributed by atoms with Crippen LogP contribution in [0.1, 0.15) is 45.7 Å². The van der Waals surface area contributed by atoms with E-state index in [-0.39, 0.29) is 5.91 Å². The highest BCUT2D eigenvalue weighted by atomic mass is 16.1. The Morgan fingerprint density at radius 1 is 1.06 bits per heavy atom. The minimum atomic E-state index is -0.0684. The van der Waals surface area contributed by atoms with Crippen LogP contribution in [0.25, 0.3) is 16.7 Å². The number of para-hydroxylation sites is 1. The molecule has 0 unspecified atom stereocenters. The van der Waals surface area contributed by atoms with Crippen molar-refractivity contribution >= 4 is 22.6 Å². The number of benzene rings is 2. The van der Waals surface area contributed by atoms with E-state index in [0.717, 1.165) is 54.0 Å². The summed E-state index contributed by atoms with van der Waals surface area (Å²) in [5.74, 6) is -0.0684. The van der Waals surface area contributed by atoms with Gasteiger partial charge >= 0.3 is 0 Å². The molecule has 0 saturated heterocycles. The van der Waals surface area contributed by atoms with Gasteiger partial charge in [-0.3, -0.25) is 4.79 Å². The molecule has 0 aliphatic carbocycles. The minimum absolute atomic E-state index is 0.0684. The first-order valence-electron chi connectivity index (χ1n) is 12.1. The Morgan fingerprint density at radius 3 is 2.68 bits per heavy atom. The summed E-state index contributed by atoms with van der Waals surface area (Å²) < 4.78 is 1.84. The summed E-state index contributed by atoms with van der Waals surface area (Å²) in [7, 11) is 0. The number of rotatable bonds is 6. The second-order valence-corrected chi connectivity index (χ2v) is 9.17. The summed E-state index contributed by atoms with van der Waals surface area (Å²) in [5, 5.41) is 8.67. The molecule has 1 aliphatic heterocycles. The van der Waals surface area contributed by atoms with Crippen LogP contribution in [0.4, 0.5) is 5.69 Å². The van der Waals surface area contributed by atoms with Gasteiger partial charge in [-0.2, -0.15) is 5.10 Å². The second kappa shape index (κ2) is 9.29. The third-order valence-corrected chi connectivity index (χ3v) is 6.56. The molecule has 174 valence electrons. The molecule has 0 saturated carbocycles. The topological polar surface area (TPSA) is 63.1 Å². The summed E-state index contributed by atoms with van der Waals surface area (Å²) in [6.07, 6.45) is 3.23. The summed E-state index contributed by atoms with van der Waals surface area (Å²) in [4.78, 5) is 20.4. The molecule has 5 rings (SSSR count). The van der Waals surface area contributed by atoms with Crippen LogP contribution < -0.4 is 10.2 Å². The van der Waals surface area contributed by atoms with Crippen LogP contribution >= 0.6 is 0 Å². The number of nitrogens with zero attached hydrogens (tertiary/aromatic N) is 4. The monoisotopic (exact) mass is 453 g/mol. The maximum Gasteiger partial charge on any atom is 0.252 e. The van der Waals surface area contributed by atoms with Gasteiger partial charge in [-0.25, -0.2) is 9.67 Å². The van der Waals surface area contributed by atoms with Gasteiger partial charge in [0.15, 0.2) is 5.65 Å². The van der Waals surface area contributed by atoms with Crippen LogP contribution in [0.3, 0.4) is 0 Å². The second-order valence-electron chi connectivity index (χ2n) is 9.17. The number of aryl methyl sites for hydroxylation is 4. The van der Waals surface area contributed by atoms with E-state index < -0.39 is 0 Å². The third kappa shape index (κ3) is 4.28. The van der Waals surface area contributed by atoms with Crippen molar-refractivity contribution in [1.82, 2.24) is 20.1 Å². The zero-order valence-electron chi connectivity index (χ0n) is 20.1. The normalized spacial score (nSPS) is 13.2. The molecule has 6 heteroatoms. The van der Waals surface area contributed by atoms with E-state index in [4.69, 9.17) is 10.1 Å². The van der Waals surface area contributed by atoms with Gasteiger partial charge in [0.1, 0.15) is 0 Å². The zero-order chi connectivity index (χ0) is 23.7. The summed E-state index contributed by atoms with van der Waals surface area (Å²) in [6, 6.07) is 18.7. The average molecular weight is 454 g/mol. The number of carbonyl (C=O) groups excluding carboxylic acids is 1. The van der Waals surface area contributed by atoms with Crippen LogP contribution in [-0.4, -0.2) is 40.3 Å². The van der Waals surface area contributed by atoms with Gasteiger partial charge < -0.3 is 10.2 Å². The fourth-order valence-corrected chi connectivity index (χ4v) is 4.87. The molecule has 4 aromatic rings. The van der Waals surface area contributed by atoms with Gasteiger partial charge in [-0.05, 0) is 69.9 Å². The number of anilines is 1.